The Bertz CT molecular complexity index is 562. The summed E-state index contributed by atoms with van der Waals surface area (Å²) < 4.78 is 32.7. The number of pyridine rings is 1. The maximum absolute atomic E-state index is 12.9. The molecule has 21 heavy (non-hydrogen) atoms. The highest BCUT2D eigenvalue weighted by molar-refractivity contribution is 7.89. The summed E-state index contributed by atoms with van der Waals surface area (Å²) in [7, 11) is -3.55. The fourth-order valence-electron chi connectivity index (χ4n) is 2.30. The molecule has 1 aliphatic rings. The second-order valence-corrected chi connectivity index (χ2v) is 7.10. The highest BCUT2D eigenvalue weighted by Gasteiger charge is 2.29. The van der Waals surface area contributed by atoms with Gasteiger partial charge < -0.3 is 10.1 Å². The van der Waals surface area contributed by atoms with Gasteiger partial charge in [-0.15, -0.1) is 0 Å². The molecule has 1 aliphatic heterocycles. The van der Waals surface area contributed by atoms with Gasteiger partial charge in [-0.2, -0.15) is 4.31 Å². The van der Waals surface area contributed by atoms with Crippen molar-refractivity contribution in [2.45, 2.75) is 37.7 Å². The fourth-order valence-corrected chi connectivity index (χ4v) is 3.97. The maximum Gasteiger partial charge on any atom is 0.246 e. The van der Waals surface area contributed by atoms with Crippen LogP contribution in [0.3, 0.4) is 0 Å². The van der Waals surface area contributed by atoms with E-state index in [4.69, 9.17) is 4.74 Å². The summed E-state index contributed by atoms with van der Waals surface area (Å²) in [5.74, 6) is 0. The van der Waals surface area contributed by atoms with Crippen molar-refractivity contribution in [1.82, 2.24) is 9.29 Å². The fraction of sp³-hybridized carbons (Fsp3) is 0.643. The van der Waals surface area contributed by atoms with Crippen LogP contribution in [0.4, 0.5) is 5.69 Å². The Morgan fingerprint density at radius 3 is 3.10 bits per heavy atom. The van der Waals surface area contributed by atoms with E-state index in [1.807, 2.05) is 13.8 Å². The minimum atomic E-state index is -3.55. The van der Waals surface area contributed by atoms with Gasteiger partial charge in [0, 0.05) is 38.6 Å². The van der Waals surface area contributed by atoms with E-state index < -0.39 is 10.0 Å². The molecule has 1 aromatic rings. The van der Waals surface area contributed by atoms with Crippen LogP contribution in [0.1, 0.15) is 26.7 Å². The first-order chi connectivity index (χ1) is 10.1. The maximum atomic E-state index is 12.9. The highest BCUT2D eigenvalue weighted by Crippen LogP contribution is 2.25. The van der Waals surface area contributed by atoms with E-state index in [9.17, 15) is 8.42 Å². The zero-order chi connectivity index (χ0) is 15.3. The smallest absolute Gasteiger partial charge is 0.246 e. The van der Waals surface area contributed by atoms with E-state index in [1.165, 1.54) is 10.5 Å². The molecule has 1 N–H and O–H groups in total. The van der Waals surface area contributed by atoms with Gasteiger partial charge in [0.15, 0.2) is 0 Å². The lowest BCUT2D eigenvalue weighted by Gasteiger charge is -2.23. The largest absolute Gasteiger partial charge is 0.384 e. The quantitative estimate of drug-likeness (QED) is 0.896. The lowest BCUT2D eigenvalue weighted by Crippen LogP contribution is -2.36. The molecule has 6 nitrogen and oxygen atoms in total. The molecule has 0 radical (unpaired) electrons. The first kappa shape index (κ1) is 16.2. The van der Waals surface area contributed by atoms with E-state index in [2.05, 4.69) is 10.3 Å². The Kier molecular flexibility index (Phi) is 5.55. The van der Waals surface area contributed by atoms with E-state index in [1.54, 1.807) is 12.3 Å². The minimum absolute atomic E-state index is 0.0917. The molecular formula is C14H23N3O3S. The molecule has 0 bridgehead atoms. The van der Waals surface area contributed by atoms with Crippen molar-refractivity contribution in [3.63, 3.8) is 0 Å². The van der Waals surface area contributed by atoms with Gasteiger partial charge in [-0.1, -0.05) is 6.92 Å². The molecule has 1 atom stereocenters. The summed E-state index contributed by atoms with van der Waals surface area (Å²) in [5, 5.41) is 3.16. The molecule has 2 rings (SSSR count). The third-order valence-corrected chi connectivity index (χ3v) is 5.28. The summed E-state index contributed by atoms with van der Waals surface area (Å²) in [4.78, 5) is 4.22. The number of sulfonamides is 1. The first-order valence-corrected chi connectivity index (χ1v) is 8.79. The second kappa shape index (κ2) is 7.20. The summed E-state index contributed by atoms with van der Waals surface area (Å²) >= 11 is 0. The molecule has 0 aliphatic carbocycles. The average molecular weight is 313 g/mol. The van der Waals surface area contributed by atoms with Crippen molar-refractivity contribution in [3.05, 3.63) is 18.5 Å². The summed E-state index contributed by atoms with van der Waals surface area (Å²) in [6, 6.07) is 1.71. The van der Waals surface area contributed by atoms with Gasteiger partial charge in [0.1, 0.15) is 4.90 Å². The van der Waals surface area contributed by atoms with Crippen molar-refractivity contribution in [1.29, 1.82) is 0 Å². The second-order valence-electron chi connectivity index (χ2n) is 5.20. The van der Waals surface area contributed by atoms with Gasteiger partial charge in [0.05, 0.1) is 11.8 Å². The normalized spacial score (nSPS) is 21.0. The van der Waals surface area contributed by atoms with Crippen LogP contribution in [0.2, 0.25) is 0 Å². The average Bonchev–Trinajstić information content (AvgIpc) is 2.70. The standard InChI is InChI=1S/C14H23N3O3S/c1-3-6-16-13-5-7-15-10-14(13)21(18,19)17-8-4-9-20-12(2)11-17/h5,7,10,12H,3-4,6,8-9,11H2,1-2H3,(H,15,16). The van der Waals surface area contributed by atoms with Crippen molar-refractivity contribution >= 4 is 15.7 Å². The first-order valence-electron chi connectivity index (χ1n) is 7.35. The summed E-state index contributed by atoms with van der Waals surface area (Å²) in [6.45, 7) is 6.12. The Morgan fingerprint density at radius 1 is 1.52 bits per heavy atom. The monoisotopic (exact) mass is 313 g/mol. The molecule has 1 unspecified atom stereocenters. The van der Waals surface area contributed by atoms with Crippen LogP contribution >= 0.6 is 0 Å². The van der Waals surface area contributed by atoms with Crippen molar-refractivity contribution in [2.75, 3.05) is 31.6 Å². The van der Waals surface area contributed by atoms with Crippen LogP contribution in [0.25, 0.3) is 0 Å². The zero-order valence-corrected chi connectivity index (χ0v) is 13.4. The Morgan fingerprint density at radius 2 is 2.33 bits per heavy atom. The molecule has 118 valence electrons. The highest BCUT2D eigenvalue weighted by atomic mass is 32.2. The molecule has 0 aromatic carbocycles. The molecule has 7 heteroatoms. The Labute approximate surface area is 126 Å². The SMILES string of the molecule is CCCNc1ccncc1S(=O)(=O)N1CCCOC(C)C1. The van der Waals surface area contributed by atoms with Crippen LogP contribution in [0.15, 0.2) is 23.4 Å². The van der Waals surface area contributed by atoms with Gasteiger partial charge in [-0.3, -0.25) is 4.98 Å². The predicted molar refractivity (Wildman–Crippen MR) is 81.8 cm³/mol. The number of anilines is 1. The van der Waals surface area contributed by atoms with Crippen molar-refractivity contribution < 1.29 is 13.2 Å². The molecule has 0 spiro atoms. The van der Waals surface area contributed by atoms with E-state index in [-0.39, 0.29) is 11.0 Å². The van der Waals surface area contributed by atoms with Crippen molar-refractivity contribution in [2.24, 2.45) is 0 Å². The van der Waals surface area contributed by atoms with Crippen LogP contribution in [-0.2, 0) is 14.8 Å². The van der Waals surface area contributed by atoms with Crippen molar-refractivity contribution in [3.8, 4) is 0 Å². The van der Waals surface area contributed by atoms with E-state index >= 15 is 0 Å². The van der Waals surface area contributed by atoms with Gasteiger partial charge in [0.25, 0.3) is 0 Å². The minimum Gasteiger partial charge on any atom is -0.384 e. The molecular weight excluding hydrogens is 290 g/mol. The number of nitrogens with one attached hydrogen (secondary N) is 1. The van der Waals surface area contributed by atoms with Crippen LogP contribution in [0.5, 0.6) is 0 Å². The molecule has 1 aromatic heterocycles. The van der Waals surface area contributed by atoms with Gasteiger partial charge in [-0.05, 0) is 25.8 Å². The lowest BCUT2D eigenvalue weighted by molar-refractivity contribution is 0.0752. The van der Waals surface area contributed by atoms with Gasteiger partial charge in [-0.25, -0.2) is 8.42 Å². The zero-order valence-electron chi connectivity index (χ0n) is 12.6. The third-order valence-electron chi connectivity index (χ3n) is 3.38. The lowest BCUT2D eigenvalue weighted by atomic mass is 10.4. The number of nitrogens with zero attached hydrogens (tertiary/aromatic N) is 2. The Hall–Kier alpha value is -1.18. The number of aromatic nitrogens is 1. The van der Waals surface area contributed by atoms with Crippen LogP contribution < -0.4 is 5.32 Å². The third kappa shape index (κ3) is 3.93. The van der Waals surface area contributed by atoms with Crippen LogP contribution in [-0.4, -0.2) is 50.1 Å². The summed E-state index contributed by atoms with van der Waals surface area (Å²) in [5.41, 5.74) is 0.615. The van der Waals surface area contributed by atoms with E-state index in [0.29, 0.717) is 31.8 Å². The molecule has 1 saturated heterocycles. The van der Waals surface area contributed by atoms with Crippen LogP contribution in [0, 0.1) is 0 Å². The number of hydrogen-bond donors (Lipinski definition) is 1. The predicted octanol–water partition coefficient (Wildman–Crippen LogP) is 1.70. The summed E-state index contributed by atoms with van der Waals surface area (Å²) in [6.07, 6.45) is 4.57. The topological polar surface area (TPSA) is 71.5 Å². The molecule has 0 saturated carbocycles. The molecule has 0 amide bonds. The molecule has 1 fully saturated rings. The number of ether oxygens (including phenoxy) is 1. The van der Waals surface area contributed by atoms with Gasteiger partial charge >= 0.3 is 0 Å². The van der Waals surface area contributed by atoms with Gasteiger partial charge in [0.2, 0.25) is 10.0 Å². The number of rotatable bonds is 5. The number of hydrogen-bond acceptors (Lipinski definition) is 5. The Balaban J connectivity index is 2.30. The molecule has 2 heterocycles. The van der Waals surface area contributed by atoms with E-state index in [0.717, 1.165) is 13.0 Å².